The van der Waals surface area contributed by atoms with Gasteiger partial charge in [0.05, 0.1) is 0 Å². The summed E-state index contributed by atoms with van der Waals surface area (Å²) < 4.78 is 59.6. The molecule has 0 aromatic heterocycles. The van der Waals surface area contributed by atoms with Crippen molar-refractivity contribution in [1.29, 1.82) is 0 Å². The van der Waals surface area contributed by atoms with Gasteiger partial charge in [-0.1, -0.05) is 13.8 Å². The van der Waals surface area contributed by atoms with Crippen LogP contribution in [0.25, 0.3) is 0 Å². The van der Waals surface area contributed by atoms with Gasteiger partial charge in [0.2, 0.25) is 0 Å². The van der Waals surface area contributed by atoms with E-state index in [9.17, 15) is 26.4 Å². The summed E-state index contributed by atoms with van der Waals surface area (Å²) in [7, 11) is -5.60. The second-order valence-electron chi connectivity index (χ2n) is 3.68. The molecule has 0 heterocycles. The molecule has 0 aromatic carbocycles. The van der Waals surface area contributed by atoms with Crippen molar-refractivity contribution >= 4 is 16.4 Å². The number of hydrogen-bond donors (Lipinski definition) is 0. The molecule has 0 saturated carbocycles. The highest BCUT2D eigenvalue weighted by Gasteiger charge is 2.47. The first kappa shape index (κ1) is 14.9. The van der Waals surface area contributed by atoms with E-state index in [1.807, 2.05) is 0 Å². The largest absolute Gasteiger partial charge is 0.534 e. The van der Waals surface area contributed by atoms with Gasteiger partial charge < -0.3 is 8.98 Å². The number of alkyl halides is 3. The van der Waals surface area contributed by atoms with Gasteiger partial charge >= 0.3 is 15.6 Å². The highest BCUT2D eigenvalue weighted by Crippen LogP contribution is 2.25. The summed E-state index contributed by atoms with van der Waals surface area (Å²) in [5, 5.41) is 0. The molecule has 0 amide bonds. The van der Waals surface area contributed by atoms with Gasteiger partial charge in [-0.15, -0.1) is 0 Å². The third-order valence-electron chi connectivity index (χ3n) is 1.52. The van der Waals surface area contributed by atoms with Gasteiger partial charge in [-0.25, -0.2) is 0 Å². The monoisotopic (exact) mass is 260 g/mol. The molecule has 0 aromatic rings. The Balaban J connectivity index is 4.39. The molecule has 0 aliphatic heterocycles. The minimum Gasteiger partial charge on any atom is -0.384 e. The molecule has 0 unspecified atom stereocenters. The summed E-state index contributed by atoms with van der Waals surface area (Å²) in [6.45, 7) is 3.09. The average molecular weight is 260 g/mol. The molecular formula is C8H11F3O4S. The Labute approximate surface area is 91.2 Å². The Hall–Kier alpha value is -1.05. The Morgan fingerprint density at radius 3 is 2.12 bits per heavy atom. The third kappa shape index (κ3) is 4.65. The van der Waals surface area contributed by atoms with Crippen LogP contribution in [0.3, 0.4) is 0 Å². The minimum atomic E-state index is -5.60. The maximum atomic E-state index is 11.8. The zero-order valence-electron chi connectivity index (χ0n) is 8.61. The van der Waals surface area contributed by atoms with Crippen LogP contribution in [0, 0.1) is 5.41 Å². The van der Waals surface area contributed by atoms with Crippen molar-refractivity contribution in [1.82, 2.24) is 0 Å². The van der Waals surface area contributed by atoms with Crippen LogP contribution in [0.1, 0.15) is 20.3 Å². The third-order valence-corrected chi connectivity index (χ3v) is 2.46. The molecule has 0 spiro atoms. The molecule has 94 valence electrons. The van der Waals surface area contributed by atoms with E-state index in [-0.39, 0.29) is 6.42 Å². The van der Waals surface area contributed by atoms with Crippen molar-refractivity contribution in [2.24, 2.45) is 5.41 Å². The van der Waals surface area contributed by atoms with Gasteiger partial charge in [0.15, 0.2) is 0 Å². The van der Waals surface area contributed by atoms with Crippen LogP contribution < -0.4 is 0 Å². The Kier molecular flexibility index (Phi) is 4.54. The maximum Gasteiger partial charge on any atom is 0.534 e. The molecular weight excluding hydrogens is 249 g/mol. The van der Waals surface area contributed by atoms with E-state index in [1.165, 1.54) is 0 Å². The first-order valence-electron chi connectivity index (χ1n) is 4.13. The first-order valence-corrected chi connectivity index (χ1v) is 5.53. The zero-order valence-corrected chi connectivity index (χ0v) is 9.43. The van der Waals surface area contributed by atoms with Crippen LogP contribution in [0.4, 0.5) is 13.2 Å². The summed E-state index contributed by atoms with van der Waals surface area (Å²) in [5.74, 6) is 0. The van der Waals surface area contributed by atoms with Gasteiger partial charge in [0.25, 0.3) is 0 Å². The summed E-state index contributed by atoms with van der Waals surface area (Å²) in [5.41, 5.74) is -6.22. The molecule has 8 heteroatoms. The van der Waals surface area contributed by atoms with E-state index in [4.69, 9.17) is 0 Å². The Morgan fingerprint density at radius 2 is 1.75 bits per heavy atom. The fourth-order valence-electron chi connectivity index (χ4n) is 0.567. The Bertz CT molecular complexity index is 367. The molecule has 0 N–H and O–H groups in total. The van der Waals surface area contributed by atoms with E-state index in [1.54, 1.807) is 13.8 Å². The molecule has 0 saturated heterocycles. The molecule has 4 nitrogen and oxygen atoms in total. The lowest BCUT2D eigenvalue weighted by Crippen LogP contribution is -2.23. The molecule has 0 radical (unpaired) electrons. The number of halogens is 3. The highest BCUT2D eigenvalue weighted by atomic mass is 32.2. The van der Waals surface area contributed by atoms with Crippen LogP contribution in [0.15, 0.2) is 12.3 Å². The van der Waals surface area contributed by atoms with Gasteiger partial charge in [0, 0.05) is 5.41 Å². The predicted octanol–water partition coefficient (Wildman–Crippen LogP) is 1.98. The van der Waals surface area contributed by atoms with E-state index < -0.39 is 21.0 Å². The van der Waals surface area contributed by atoms with Crippen LogP contribution in [0.5, 0.6) is 0 Å². The number of carbonyl (C=O) groups excluding carboxylic acids is 1. The SMILES string of the molecule is CC(C)(C=O)CC=COS(=O)(=O)C(F)(F)F. The van der Waals surface area contributed by atoms with Gasteiger partial charge in [-0.3, -0.25) is 0 Å². The zero-order chi connectivity index (χ0) is 13.0. The highest BCUT2D eigenvalue weighted by molar-refractivity contribution is 7.87. The van der Waals surface area contributed by atoms with E-state index in [0.717, 1.165) is 6.08 Å². The minimum absolute atomic E-state index is 0.0733. The second-order valence-corrected chi connectivity index (χ2v) is 5.24. The van der Waals surface area contributed by atoms with E-state index >= 15 is 0 Å². The van der Waals surface area contributed by atoms with Crippen molar-refractivity contribution in [2.75, 3.05) is 0 Å². The lowest BCUT2D eigenvalue weighted by atomic mass is 9.92. The molecule has 16 heavy (non-hydrogen) atoms. The molecule has 0 aliphatic carbocycles. The fraction of sp³-hybridized carbons (Fsp3) is 0.625. The summed E-state index contributed by atoms with van der Waals surface area (Å²) in [6, 6.07) is 0. The van der Waals surface area contributed by atoms with E-state index in [2.05, 4.69) is 4.18 Å². The van der Waals surface area contributed by atoms with Crippen molar-refractivity contribution in [3.8, 4) is 0 Å². The molecule has 0 bridgehead atoms. The number of hydrogen-bond acceptors (Lipinski definition) is 4. The second kappa shape index (κ2) is 4.86. The van der Waals surface area contributed by atoms with Gasteiger partial charge in [-0.05, 0) is 12.5 Å². The lowest BCUT2D eigenvalue weighted by molar-refractivity contribution is -0.114. The quantitative estimate of drug-likeness (QED) is 0.328. The van der Waals surface area contributed by atoms with Gasteiger partial charge in [0.1, 0.15) is 12.5 Å². The maximum absolute atomic E-state index is 11.8. The number of carbonyl (C=O) groups is 1. The normalized spacial score (nSPS) is 14.1. The molecule has 0 aliphatic rings. The standard InChI is InChI=1S/C8H11F3O4S/c1-7(2,6-12)4-3-5-15-16(13,14)8(9,10)11/h3,5-6H,4H2,1-2H3. The predicted molar refractivity (Wildman–Crippen MR) is 49.7 cm³/mol. The lowest BCUT2D eigenvalue weighted by Gasteiger charge is -2.12. The average Bonchev–Trinajstić information content (AvgIpc) is 2.11. The summed E-state index contributed by atoms with van der Waals surface area (Å²) in [4.78, 5) is 10.4. The number of aldehydes is 1. The van der Waals surface area contributed by atoms with Gasteiger partial charge in [-0.2, -0.15) is 21.6 Å². The van der Waals surface area contributed by atoms with E-state index in [0.29, 0.717) is 12.5 Å². The molecule has 0 atom stereocenters. The van der Waals surface area contributed by atoms with Crippen molar-refractivity contribution in [3.05, 3.63) is 12.3 Å². The van der Waals surface area contributed by atoms with Crippen LogP contribution >= 0.6 is 0 Å². The van der Waals surface area contributed by atoms with Crippen LogP contribution in [-0.2, 0) is 19.1 Å². The summed E-state index contributed by atoms with van der Waals surface area (Å²) >= 11 is 0. The van der Waals surface area contributed by atoms with Crippen molar-refractivity contribution in [2.45, 2.75) is 25.8 Å². The number of rotatable bonds is 5. The fourth-order valence-corrected chi connectivity index (χ4v) is 0.901. The first-order chi connectivity index (χ1) is 7.02. The van der Waals surface area contributed by atoms with Crippen molar-refractivity contribution in [3.63, 3.8) is 0 Å². The molecule has 0 fully saturated rings. The summed E-state index contributed by atoms with van der Waals surface area (Å²) in [6.07, 6.45) is 2.13. The Morgan fingerprint density at radius 1 is 1.25 bits per heavy atom. The smallest absolute Gasteiger partial charge is 0.384 e. The van der Waals surface area contributed by atoms with Crippen LogP contribution in [-0.4, -0.2) is 20.2 Å². The molecule has 0 rings (SSSR count). The van der Waals surface area contributed by atoms with Crippen molar-refractivity contribution < 1.29 is 30.6 Å². The topological polar surface area (TPSA) is 60.4 Å². The van der Waals surface area contributed by atoms with Crippen LogP contribution in [0.2, 0.25) is 0 Å². The number of allylic oxidation sites excluding steroid dienone is 1.